The molecule has 0 saturated carbocycles. The van der Waals surface area contributed by atoms with Crippen LogP contribution in [0.25, 0.3) is 0 Å². The number of benzene rings is 1. The predicted molar refractivity (Wildman–Crippen MR) is 80.7 cm³/mol. The average Bonchev–Trinajstić information content (AvgIpc) is 2.76. The van der Waals surface area contributed by atoms with Gasteiger partial charge in [0.15, 0.2) is 4.75 Å². The number of carboxylic acid groups (broad SMARTS) is 1. The molecule has 4 atom stereocenters. The van der Waals surface area contributed by atoms with E-state index in [1.54, 1.807) is 24.3 Å². The molecule has 2 saturated heterocycles. The number of amides is 1. The summed E-state index contributed by atoms with van der Waals surface area (Å²) in [6.45, 7) is 2.63. The van der Waals surface area contributed by atoms with E-state index in [0.29, 0.717) is 5.75 Å². The first kappa shape index (κ1) is 15.7. The fraction of sp³-hybridized carbons (Fsp3) is 0.400. The molecule has 2 aliphatic heterocycles. The number of para-hydroxylation sites is 1. The minimum absolute atomic E-state index is 0.387. The van der Waals surface area contributed by atoms with Gasteiger partial charge in [0.2, 0.25) is 12.3 Å². The van der Waals surface area contributed by atoms with Crippen LogP contribution in [-0.2, 0) is 19.1 Å². The molecule has 2 unspecified atom stereocenters. The Kier molecular flexibility index (Phi) is 3.71. The number of esters is 1. The summed E-state index contributed by atoms with van der Waals surface area (Å²) >= 11 is 1.06. The van der Waals surface area contributed by atoms with Gasteiger partial charge in [0.1, 0.15) is 11.1 Å². The van der Waals surface area contributed by atoms with Crippen LogP contribution in [0.4, 0.5) is 0 Å². The number of fused-ring (bicyclic) bond motifs is 1. The first-order valence-corrected chi connectivity index (χ1v) is 7.85. The molecule has 0 bridgehead atoms. The summed E-state index contributed by atoms with van der Waals surface area (Å²) in [5.41, 5.74) is 0. The highest BCUT2D eigenvalue weighted by atomic mass is 32.2. The molecule has 0 radical (unpaired) electrons. The SMILES string of the molecule is CC(=O)OC1N2C(=O)[C@H](Oc3ccccc3)[C@H]2SC1(C)C(=O)O. The van der Waals surface area contributed by atoms with Gasteiger partial charge in [-0.15, -0.1) is 11.8 Å². The third-order valence-electron chi connectivity index (χ3n) is 3.83. The number of thioether (sulfide) groups is 1. The van der Waals surface area contributed by atoms with E-state index in [1.807, 2.05) is 6.07 Å². The molecule has 2 heterocycles. The third-order valence-corrected chi connectivity index (χ3v) is 5.41. The number of carbonyl (C=O) groups is 3. The van der Waals surface area contributed by atoms with Crippen LogP contribution in [0.5, 0.6) is 5.75 Å². The van der Waals surface area contributed by atoms with E-state index >= 15 is 0 Å². The van der Waals surface area contributed by atoms with Gasteiger partial charge in [0, 0.05) is 6.92 Å². The monoisotopic (exact) mass is 337 g/mol. The molecule has 7 nitrogen and oxygen atoms in total. The van der Waals surface area contributed by atoms with Crippen molar-refractivity contribution in [2.45, 2.75) is 36.3 Å². The van der Waals surface area contributed by atoms with Crippen molar-refractivity contribution in [3.8, 4) is 5.75 Å². The van der Waals surface area contributed by atoms with Crippen molar-refractivity contribution in [2.75, 3.05) is 0 Å². The van der Waals surface area contributed by atoms with Gasteiger partial charge in [-0.05, 0) is 19.1 Å². The zero-order chi connectivity index (χ0) is 16.8. The van der Waals surface area contributed by atoms with Crippen LogP contribution in [-0.4, -0.2) is 50.3 Å². The fourth-order valence-corrected chi connectivity index (χ4v) is 4.14. The molecule has 1 N–H and O–H groups in total. The molecule has 0 spiro atoms. The van der Waals surface area contributed by atoms with E-state index in [-0.39, 0.29) is 5.91 Å². The van der Waals surface area contributed by atoms with Crippen LogP contribution < -0.4 is 4.74 Å². The van der Waals surface area contributed by atoms with Gasteiger partial charge in [-0.1, -0.05) is 18.2 Å². The number of hydrogen-bond acceptors (Lipinski definition) is 6. The molecule has 122 valence electrons. The normalized spacial score (nSPS) is 32.0. The Labute approximate surface area is 136 Å². The molecule has 8 heteroatoms. The lowest BCUT2D eigenvalue weighted by Crippen LogP contribution is -2.67. The molecule has 23 heavy (non-hydrogen) atoms. The lowest BCUT2D eigenvalue weighted by molar-refractivity contribution is -0.186. The van der Waals surface area contributed by atoms with Crippen molar-refractivity contribution in [1.29, 1.82) is 0 Å². The predicted octanol–water partition coefficient (Wildman–Crippen LogP) is 1.08. The van der Waals surface area contributed by atoms with Crippen molar-refractivity contribution >= 4 is 29.6 Å². The average molecular weight is 337 g/mol. The topological polar surface area (TPSA) is 93.1 Å². The zero-order valence-electron chi connectivity index (χ0n) is 12.5. The summed E-state index contributed by atoms with van der Waals surface area (Å²) in [5, 5.41) is 8.98. The van der Waals surface area contributed by atoms with E-state index in [2.05, 4.69) is 0 Å². The molecule has 3 rings (SSSR count). The lowest BCUT2D eigenvalue weighted by atomic mass is 10.0. The quantitative estimate of drug-likeness (QED) is 0.649. The summed E-state index contributed by atoms with van der Waals surface area (Å²) < 4.78 is 9.33. The first-order chi connectivity index (χ1) is 10.8. The minimum atomic E-state index is -1.43. The Morgan fingerprint density at radius 3 is 2.52 bits per heavy atom. The molecular formula is C15H15NO6S. The van der Waals surface area contributed by atoms with E-state index in [4.69, 9.17) is 9.47 Å². The number of carbonyl (C=O) groups excluding carboxylic acids is 2. The number of hydrogen-bond donors (Lipinski definition) is 1. The number of β-lactam (4-membered cyclic amide) rings is 1. The van der Waals surface area contributed by atoms with Gasteiger partial charge in [0.05, 0.1) is 0 Å². The van der Waals surface area contributed by atoms with Gasteiger partial charge in [-0.2, -0.15) is 0 Å². The zero-order valence-corrected chi connectivity index (χ0v) is 13.3. The molecule has 1 amide bonds. The van der Waals surface area contributed by atoms with E-state index in [1.165, 1.54) is 18.7 Å². The summed E-state index contributed by atoms with van der Waals surface area (Å²) in [6, 6.07) is 8.82. The number of aliphatic carboxylic acids is 1. The van der Waals surface area contributed by atoms with Crippen LogP contribution in [0, 0.1) is 0 Å². The van der Waals surface area contributed by atoms with Crippen molar-refractivity contribution in [1.82, 2.24) is 4.90 Å². The molecule has 1 aromatic carbocycles. The second-order valence-corrected chi connectivity index (χ2v) is 7.05. The first-order valence-electron chi connectivity index (χ1n) is 6.97. The second-order valence-electron chi connectivity index (χ2n) is 5.48. The lowest BCUT2D eigenvalue weighted by Gasteiger charge is -2.43. The maximum Gasteiger partial charge on any atom is 0.325 e. The number of carboxylic acids is 1. The van der Waals surface area contributed by atoms with Crippen LogP contribution in [0.2, 0.25) is 0 Å². The largest absolute Gasteiger partial charge is 0.480 e. The number of nitrogens with zero attached hydrogens (tertiary/aromatic N) is 1. The molecule has 0 aromatic heterocycles. The van der Waals surface area contributed by atoms with Gasteiger partial charge in [-0.3, -0.25) is 19.3 Å². The van der Waals surface area contributed by atoms with Gasteiger partial charge in [-0.25, -0.2) is 0 Å². The summed E-state index contributed by atoms with van der Waals surface area (Å²) in [6.07, 6.45) is -1.93. The maximum absolute atomic E-state index is 12.4. The Morgan fingerprint density at radius 1 is 1.30 bits per heavy atom. The minimum Gasteiger partial charge on any atom is -0.480 e. The highest BCUT2D eigenvalue weighted by Gasteiger charge is 2.68. The summed E-state index contributed by atoms with van der Waals surface area (Å²) in [5.74, 6) is -1.64. The van der Waals surface area contributed by atoms with Crippen molar-refractivity contribution in [3.63, 3.8) is 0 Å². The molecule has 0 aliphatic carbocycles. The highest BCUT2D eigenvalue weighted by molar-refractivity contribution is 8.02. The Balaban J connectivity index is 1.83. The maximum atomic E-state index is 12.4. The third kappa shape index (κ3) is 2.42. The smallest absolute Gasteiger partial charge is 0.325 e. The van der Waals surface area contributed by atoms with Crippen molar-refractivity contribution in [3.05, 3.63) is 30.3 Å². The highest BCUT2D eigenvalue weighted by Crippen LogP contribution is 2.52. The molecule has 1 aromatic rings. The summed E-state index contributed by atoms with van der Waals surface area (Å²) in [4.78, 5) is 36.5. The van der Waals surface area contributed by atoms with Gasteiger partial charge >= 0.3 is 11.9 Å². The van der Waals surface area contributed by atoms with E-state index in [9.17, 15) is 19.5 Å². The van der Waals surface area contributed by atoms with Crippen LogP contribution >= 0.6 is 11.8 Å². The fourth-order valence-electron chi connectivity index (χ4n) is 2.64. The second kappa shape index (κ2) is 5.45. The van der Waals surface area contributed by atoms with Crippen LogP contribution in [0.3, 0.4) is 0 Å². The van der Waals surface area contributed by atoms with Crippen LogP contribution in [0.15, 0.2) is 30.3 Å². The van der Waals surface area contributed by atoms with Crippen molar-refractivity contribution < 1.29 is 29.0 Å². The van der Waals surface area contributed by atoms with E-state index in [0.717, 1.165) is 11.8 Å². The van der Waals surface area contributed by atoms with Gasteiger partial charge < -0.3 is 14.6 Å². The van der Waals surface area contributed by atoms with Crippen molar-refractivity contribution in [2.24, 2.45) is 0 Å². The van der Waals surface area contributed by atoms with E-state index < -0.39 is 34.4 Å². The Hall–Kier alpha value is -2.22. The molecular weight excluding hydrogens is 322 g/mol. The molecule has 2 aliphatic rings. The van der Waals surface area contributed by atoms with Crippen LogP contribution in [0.1, 0.15) is 13.8 Å². The standard InChI is InChI=1S/C15H15NO6S/c1-8(17)21-13-15(2,14(19)20)23-12-10(11(18)16(12)13)22-9-6-4-3-5-7-9/h3-7,10,12-13H,1-2H3,(H,19,20)/t10-,12+,13?,15?/m0/s1. The Morgan fingerprint density at radius 2 is 1.96 bits per heavy atom. The summed E-state index contributed by atoms with van der Waals surface area (Å²) in [7, 11) is 0. The number of rotatable bonds is 4. The Bertz CT molecular complexity index is 665. The van der Waals surface area contributed by atoms with Gasteiger partial charge in [0.25, 0.3) is 5.91 Å². The number of ether oxygens (including phenoxy) is 2. The molecule has 2 fully saturated rings.